The van der Waals surface area contributed by atoms with E-state index in [-0.39, 0.29) is 0 Å². The van der Waals surface area contributed by atoms with E-state index < -0.39 is 16.1 Å². The van der Waals surface area contributed by atoms with Gasteiger partial charge in [0.2, 0.25) is 0 Å². The number of nitrogens with zero attached hydrogens (tertiary/aromatic N) is 1. The predicted octanol–water partition coefficient (Wildman–Crippen LogP) is 11.1. The molecule has 0 atom stereocenters. The van der Waals surface area contributed by atoms with Crippen LogP contribution in [0.5, 0.6) is 0 Å². The van der Waals surface area contributed by atoms with Crippen molar-refractivity contribution >= 4 is 70.3 Å². The summed E-state index contributed by atoms with van der Waals surface area (Å²) in [4.78, 5) is 0. The van der Waals surface area contributed by atoms with Crippen molar-refractivity contribution in [3.63, 3.8) is 0 Å². The molecular weight excluding hydrogens is 591 g/mol. The van der Waals surface area contributed by atoms with Gasteiger partial charge in [0, 0.05) is 32.8 Å². The largest absolute Gasteiger partial charge is 0.455 e. The van der Waals surface area contributed by atoms with Crippen LogP contribution in [0.2, 0.25) is 39.3 Å². The van der Waals surface area contributed by atoms with Gasteiger partial charge in [-0.2, -0.15) is 0 Å². The summed E-state index contributed by atoms with van der Waals surface area (Å²) in [5.74, 6) is 0. The molecule has 0 bridgehead atoms. The van der Waals surface area contributed by atoms with Crippen molar-refractivity contribution in [2.75, 3.05) is 0 Å². The second-order valence-electron chi connectivity index (χ2n) is 14.7. The van der Waals surface area contributed by atoms with E-state index in [0.29, 0.717) is 0 Å². The number of hydrogen-bond acceptors (Lipinski definition) is 1. The molecule has 2 nitrogen and oxygen atoms in total. The van der Waals surface area contributed by atoms with Crippen LogP contribution in [0.25, 0.3) is 71.7 Å². The van der Waals surface area contributed by atoms with E-state index in [4.69, 9.17) is 4.42 Å². The first-order valence-electron chi connectivity index (χ1n) is 16.3. The topological polar surface area (TPSA) is 18.1 Å². The highest BCUT2D eigenvalue weighted by Gasteiger charge is 2.22. The van der Waals surface area contributed by atoms with Crippen molar-refractivity contribution in [1.29, 1.82) is 0 Å². The van der Waals surface area contributed by atoms with E-state index in [1.165, 1.54) is 49.0 Å². The summed E-state index contributed by atoms with van der Waals surface area (Å²) < 4.78 is 8.76. The standard InChI is InChI=1S/C42H39NOSi2/c1-45(2,3)32-22-24-39-37(26-32)38-27-33(46(4,5)6)23-25-40(38)43(39)31-20-18-29(19-21-31)28-14-16-30(17-15-28)34-11-9-12-36-35-10-7-8-13-41(35)44-42(34)36/h7-27H,1-6H3. The minimum absolute atomic E-state index is 0.929. The number of aromatic nitrogens is 1. The normalized spacial score (nSPS) is 12.6. The van der Waals surface area contributed by atoms with Gasteiger partial charge in [0.15, 0.2) is 0 Å². The van der Waals surface area contributed by atoms with Gasteiger partial charge in [0.05, 0.1) is 27.2 Å². The summed E-state index contributed by atoms with van der Waals surface area (Å²) in [5, 5.41) is 8.07. The fourth-order valence-corrected chi connectivity index (χ4v) is 9.18. The van der Waals surface area contributed by atoms with Crippen LogP contribution >= 0.6 is 0 Å². The van der Waals surface area contributed by atoms with Crippen LogP contribution in [0, 0.1) is 0 Å². The molecule has 0 unspecified atom stereocenters. The Morgan fingerprint density at radius 3 is 1.57 bits per heavy atom. The van der Waals surface area contributed by atoms with Crippen LogP contribution in [-0.2, 0) is 0 Å². The summed E-state index contributed by atoms with van der Waals surface area (Å²) in [6.07, 6.45) is 0. The lowest BCUT2D eigenvalue weighted by atomic mass is 9.98. The first kappa shape index (κ1) is 28.8. The molecule has 0 amide bonds. The molecule has 46 heavy (non-hydrogen) atoms. The minimum atomic E-state index is -1.46. The molecule has 8 rings (SSSR count). The highest BCUT2D eigenvalue weighted by Crippen LogP contribution is 2.37. The van der Waals surface area contributed by atoms with Gasteiger partial charge in [0.25, 0.3) is 0 Å². The van der Waals surface area contributed by atoms with Crippen LogP contribution in [0.15, 0.2) is 132 Å². The number of benzene rings is 6. The number of rotatable bonds is 5. The Hall–Kier alpha value is -4.65. The Morgan fingerprint density at radius 1 is 0.457 bits per heavy atom. The van der Waals surface area contributed by atoms with Gasteiger partial charge >= 0.3 is 0 Å². The number of para-hydroxylation sites is 2. The summed E-state index contributed by atoms with van der Waals surface area (Å²) in [7, 11) is -2.91. The molecule has 8 aromatic rings. The zero-order valence-electron chi connectivity index (χ0n) is 27.5. The van der Waals surface area contributed by atoms with E-state index >= 15 is 0 Å². The van der Waals surface area contributed by atoms with E-state index in [2.05, 4.69) is 159 Å². The SMILES string of the molecule is C[Si](C)(C)c1ccc2c(c1)c1cc([Si](C)(C)C)ccc1n2-c1ccc(-c2ccc(-c3cccc4c3oc3ccccc34)cc2)cc1. The van der Waals surface area contributed by atoms with Gasteiger partial charge in [-0.05, 0) is 47.0 Å². The average Bonchev–Trinajstić information content (AvgIpc) is 3.59. The third kappa shape index (κ3) is 4.75. The number of fused-ring (bicyclic) bond motifs is 6. The van der Waals surface area contributed by atoms with Gasteiger partial charge in [-0.25, -0.2) is 0 Å². The van der Waals surface area contributed by atoms with Gasteiger partial charge in [0.1, 0.15) is 11.2 Å². The van der Waals surface area contributed by atoms with Gasteiger partial charge in [-0.3, -0.25) is 0 Å². The van der Waals surface area contributed by atoms with E-state index in [1.807, 2.05) is 12.1 Å². The highest BCUT2D eigenvalue weighted by molar-refractivity contribution is 6.89. The van der Waals surface area contributed by atoms with Gasteiger partial charge in [-0.1, -0.05) is 147 Å². The van der Waals surface area contributed by atoms with Crippen LogP contribution in [-0.4, -0.2) is 20.7 Å². The third-order valence-corrected chi connectivity index (χ3v) is 13.6. The molecule has 0 fully saturated rings. The van der Waals surface area contributed by atoms with Crippen molar-refractivity contribution in [2.24, 2.45) is 0 Å². The second kappa shape index (κ2) is 10.4. The molecule has 2 heterocycles. The Labute approximate surface area is 272 Å². The molecule has 0 spiro atoms. The molecule has 0 N–H and O–H groups in total. The zero-order valence-corrected chi connectivity index (χ0v) is 29.5. The maximum Gasteiger partial charge on any atom is 0.143 e. The lowest BCUT2D eigenvalue weighted by Crippen LogP contribution is -2.37. The smallest absolute Gasteiger partial charge is 0.143 e. The van der Waals surface area contributed by atoms with Gasteiger partial charge < -0.3 is 8.98 Å². The van der Waals surface area contributed by atoms with Crippen LogP contribution in [0.1, 0.15) is 0 Å². The van der Waals surface area contributed by atoms with Crippen molar-refractivity contribution in [3.8, 4) is 27.9 Å². The van der Waals surface area contributed by atoms with Crippen LogP contribution in [0.4, 0.5) is 0 Å². The van der Waals surface area contributed by atoms with Crippen molar-refractivity contribution in [1.82, 2.24) is 4.57 Å². The summed E-state index contributed by atoms with van der Waals surface area (Å²) in [5.41, 5.74) is 10.3. The molecule has 226 valence electrons. The molecule has 0 aliphatic heterocycles. The monoisotopic (exact) mass is 629 g/mol. The fraction of sp³-hybridized carbons (Fsp3) is 0.143. The maximum atomic E-state index is 6.31. The molecule has 0 radical (unpaired) electrons. The van der Waals surface area contributed by atoms with Crippen molar-refractivity contribution < 1.29 is 4.42 Å². The Kier molecular flexibility index (Phi) is 6.54. The van der Waals surface area contributed by atoms with Crippen molar-refractivity contribution in [2.45, 2.75) is 39.3 Å². The Morgan fingerprint density at radius 2 is 0.978 bits per heavy atom. The molecular formula is C42H39NOSi2. The quantitative estimate of drug-likeness (QED) is 0.173. The molecule has 0 aliphatic rings. The summed E-state index contributed by atoms with van der Waals surface area (Å²) in [6, 6.07) is 47.0. The molecule has 4 heteroatoms. The molecule has 6 aromatic carbocycles. The molecule has 0 saturated carbocycles. The van der Waals surface area contributed by atoms with E-state index in [0.717, 1.165) is 33.1 Å². The molecule has 0 saturated heterocycles. The van der Waals surface area contributed by atoms with E-state index in [9.17, 15) is 0 Å². The Bertz CT molecular complexity index is 2340. The van der Waals surface area contributed by atoms with Crippen LogP contribution in [0.3, 0.4) is 0 Å². The lowest BCUT2D eigenvalue weighted by Gasteiger charge is -2.17. The first-order valence-corrected chi connectivity index (χ1v) is 23.3. The predicted molar refractivity (Wildman–Crippen MR) is 205 cm³/mol. The second-order valence-corrected chi connectivity index (χ2v) is 24.9. The maximum absolute atomic E-state index is 6.31. The number of furan rings is 1. The summed E-state index contributed by atoms with van der Waals surface area (Å²) >= 11 is 0. The summed E-state index contributed by atoms with van der Waals surface area (Å²) in [6.45, 7) is 14.6. The highest BCUT2D eigenvalue weighted by atomic mass is 28.3. The van der Waals surface area contributed by atoms with Crippen LogP contribution < -0.4 is 10.4 Å². The third-order valence-electron chi connectivity index (χ3n) is 9.56. The Balaban J connectivity index is 1.18. The first-order chi connectivity index (χ1) is 22.1. The fourth-order valence-electron chi connectivity index (χ4n) is 6.85. The average molecular weight is 630 g/mol. The lowest BCUT2D eigenvalue weighted by molar-refractivity contribution is 0.670. The van der Waals surface area contributed by atoms with Gasteiger partial charge in [-0.15, -0.1) is 0 Å². The number of hydrogen-bond donors (Lipinski definition) is 0. The van der Waals surface area contributed by atoms with Crippen molar-refractivity contribution in [3.05, 3.63) is 127 Å². The molecule has 0 aliphatic carbocycles. The zero-order chi connectivity index (χ0) is 31.8. The van der Waals surface area contributed by atoms with E-state index in [1.54, 1.807) is 0 Å². The minimum Gasteiger partial charge on any atom is -0.455 e. The molecule has 2 aromatic heterocycles.